The summed E-state index contributed by atoms with van der Waals surface area (Å²) in [6.07, 6.45) is 1.55. The van der Waals surface area contributed by atoms with E-state index < -0.39 is 5.97 Å². The van der Waals surface area contributed by atoms with Gasteiger partial charge in [-0.1, -0.05) is 12.1 Å². The van der Waals surface area contributed by atoms with Crippen LogP contribution in [0, 0.1) is 0 Å². The Balaban J connectivity index is 1.56. The molecular formula is C23H27N3O6. The lowest BCUT2D eigenvalue weighted by atomic mass is 10.1. The SMILES string of the molecule is CCOc1cc(/C=N/NC(=O)CN2CCOCC2)ccc1OCc1ccc(C(=O)O)cc1. The second kappa shape index (κ2) is 11.8. The number of morpholine rings is 1. The minimum Gasteiger partial charge on any atom is -0.490 e. The Morgan fingerprint density at radius 1 is 1.12 bits per heavy atom. The fourth-order valence-electron chi connectivity index (χ4n) is 3.07. The maximum Gasteiger partial charge on any atom is 0.335 e. The summed E-state index contributed by atoms with van der Waals surface area (Å²) in [7, 11) is 0. The van der Waals surface area contributed by atoms with Crippen molar-refractivity contribution < 1.29 is 28.9 Å². The molecule has 2 N–H and O–H groups in total. The van der Waals surface area contributed by atoms with E-state index in [0.717, 1.165) is 24.2 Å². The molecule has 9 nitrogen and oxygen atoms in total. The van der Waals surface area contributed by atoms with Gasteiger partial charge >= 0.3 is 5.97 Å². The Labute approximate surface area is 186 Å². The lowest BCUT2D eigenvalue weighted by molar-refractivity contribution is -0.123. The van der Waals surface area contributed by atoms with E-state index in [1.165, 1.54) is 12.1 Å². The van der Waals surface area contributed by atoms with Gasteiger partial charge in [-0.15, -0.1) is 0 Å². The van der Waals surface area contributed by atoms with E-state index in [-0.39, 0.29) is 24.6 Å². The summed E-state index contributed by atoms with van der Waals surface area (Å²) < 4.78 is 16.8. The van der Waals surface area contributed by atoms with E-state index in [0.29, 0.717) is 31.3 Å². The van der Waals surface area contributed by atoms with Crippen LogP contribution in [0.3, 0.4) is 0 Å². The van der Waals surface area contributed by atoms with Gasteiger partial charge in [0.1, 0.15) is 6.61 Å². The highest BCUT2D eigenvalue weighted by molar-refractivity contribution is 5.87. The van der Waals surface area contributed by atoms with Crippen LogP contribution in [0.25, 0.3) is 0 Å². The second-order valence-electron chi connectivity index (χ2n) is 7.11. The van der Waals surface area contributed by atoms with Gasteiger partial charge in [0.2, 0.25) is 0 Å². The van der Waals surface area contributed by atoms with Gasteiger partial charge in [-0.2, -0.15) is 5.10 Å². The topological polar surface area (TPSA) is 110 Å². The van der Waals surface area contributed by atoms with Crippen molar-refractivity contribution in [3.8, 4) is 11.5 Å². The van der Waals surface area contributed by atoms with Gasteiger partial charge in [0.05, 0.1) is 38.1 Å². The molecule has 3 rings (SSSR count). The van der Waals surface area contributed by atoms with Crippen molar-refractivity contribution >= 4 is 18.1 Å². The zero-order valence-electron chi connectivity index (χ0n) is 18.0. The molecule has 2 aromatic carbocycles. The summed E-state index contributed by atoms with van der Waals surface area (Å²) in [4.78, 5) is 25.0. The molecule has 0 bridgehead atoms. The van der Waals surface area contributed by atoms with Crippen LogP contribution in [0.2, 0.25) is 0 Å². The van der Waals surface area contributed by atoms with Gasteiger partial charge < -0.3 is 19.3 Å². The maximum absolute atomic E-state index is 12.0. The van der Waals surface area contributed by atoms with E-state index >= 15 is 0 Å². The van der Waals surface area contributed by atoms with E-state index in [4.69, 9.17) is 19.3 Å². The molecule has 0 radical (unpaired) electrons. The number of aromatic carboxylic acids is 1. The third-order valence-electron chi connectivity index (χ3n) is 4.74. The molecule has 1 amide bonds. The van der Waals surface area contributed by atoms with Gasteiger partial charge in [0.15, 0.2) is 11.5 Å². The van der Waals surface area contributed by atoms with E-state index in [2.05, 4.69) is 10.5 Å². The van der Waals surface area contributed by atoms with Crippen LogP contribution in [0.15, 0.2) is 47.6 Å². The van der Waals surface area contributed by atoms with Gasteiger partial charge in [-0.3, -0.25) is 9.69 Å². The number of carbonyl (C=O) groups is 2. The Kier molecular flexibility index (Phi) is 8.59. The first kappa shape index (κ1) is 23.2. The summed E-state index contributed by atoms with van der Waals surface area (Å²) in [6, 6.07) is 11.9. The fraction of sp³-hybridized carbons (Fsp3) is 0.348. The number of amides is 1. The average molecular weight is 441 g/mol. The minimum atomic E-state index is -0.967. The number of hydrogen-bond donors (Lipinski definition) is 2. The predicted molar refractivity (Wildman–Crippen MR) is 118 cm³/mol. The number of carbonyl (C=O) groups excluding carboxylic acids is 1. The zero-order chi connectivity index (χ0) is 22.8. The van der Waals surface area contributed by atoms with Crippen molar-refractivity contribution in [1.29, 1.82) is 0 Å². The number of nitrogens with zero attached hydrogens (tertiary/aromatic N) is 2. The van der Waals surface area contributed by atoms with Crippen molar-refractivity contribution in [3.63, 3.8) is 0 Å². The van der Waals surface area contributed by atoms with Crippen molar-refractivity contribution in [2.24, 2.45) is 5.10 Å². The van der Waals surface area contributed by atoms with Crippen LogP contribution < -0.4 is 14.9 Å². The van der Waals surface area contributed by atoms with Crippen LogP contribution in [-0.4, -0.2) is 67.6 Å². The average Bonchev–Trinajstić information content (AvgIpc) is 2.79. The van der Waals surface area contributed by atoms with Crippen LogP contribution in [-0.2, 0) is 16.1 Å². The molecule has 2 aromatic rings. The standard InChI is InChI=1S/C23H27N3O6/c1-2-31-21-13-18(14-24-25-22(27)15-26-9-11-30-12-10-26)5-8-20(21)32-16-17-3-6-19(7-4-17)23(28)29/h3-8,13-14H,2,9-12,15-16H2,1H3,(H,25,27)(H,28,29)/b24-14+. The molecule has 0 aromatic heterocycles. The van der Waals surface area contributed by atoms with Gasteiger partial charge in [-0.25, -0.2) is 10.2 Å². The molecule has 170 valence electrons. The molecule has 1 aliphatic heterocycles. The first-order valence-corrected chi connectivity index (χ1v) is 10.4. The van der Waals surface area contributed by atoms with Crippen LogP contribution in [0.5, 0.6) is 11.5 Å². The fourth-order valence-corrected chi connectivity index (χ4v) is 3.07. The van der Waals surface area contributed by atoms with Crippen LogP contribution in [0.4, 0.5) is 0 Å². The summed E-state index contributed by atoms with van der Waals surface area (Å²) in [6.45, 7) is 5.63. The molecule has 9 heteroatoms. The maximum atomic E-state index is 12.0. The van der Waals surface area contributed by atoms with E-state index in [1.54, 1.807) is 30.5 Å². The summed E-state index contributed by atoms with van der Waals surface area (Å²) in [5.74, 6) is -0.0337. The normalized spacial score (nSPS) is 14.3. The molecule has 1 heterocycles. The van der Waals surface area contributed by atoms with Crippen molar-refractivity contribution in [2.75, 3.05) is 39.5 Å². The number of benzene rings is 2. The molecule has 0 unspecified atom stereocenters. The van der Waals surface area contributed by atoms with E-state index in [9.17, 15) is 9.59 Å². The smallest absolute Gasteiger partial charge is 0.335 e. The Morgan fingerprint density at radius 3 is 2.56 bits per heavy atom. The van der Waals surface area contributed by atoms with Gasteiger partial charge in [0.25, 0.3) is 5.91 Å². The summed E-state index contributed by atoms with van der Waals surface area (Å²) in [5, 5.41) is 13.0. The first-order chi connectivity index (χ1) is 15.5. The number of hydrogen-bond acceptors (Lipinski definition) is 7. The highest BCUT2D eigenvalue weighted by atomic mass is 16.5. The lowest BCUT2D eigenvalue weighted by Gasteiger charge is -2.25. The summed E-state index contributed by atoms with van der Waals surface area (Å²) in [5.41, 5.74) is 4.35. The monoisotopic (exact) mass is 441 g/mol. The predicted octanol–water partition coefficient (Wildman–Crippen LogP) is 2.14. The summed E-state index contributed by atoms with van der Waals surface area (Å²) >= 11 is 0. The molecule has 0 aliphatic carbocycles. The van der Waals surface area contributed by atoms with Crippen molar-refractivity contribution in [3.05, 3.63) is 59.2 Å². The number of carboxylic acid groups (broad SMARTS) is 1. The molecule has 1 aliphatic rings. The number of nitrogens with one attached hydrogen (secondary N) is 1. The van der Waals surface area contributed by atoms with Gasteiger partial charge in [-0.05, 0) is 48.4 Å². The number of carboxylic acids is 1. The third-order valence-corrected chi connectivity index (χ3v) is 4.74. The molecule has 1 saturated heterocycles. The number of hydrazone groups is 1. The molecule has 32 heavy (non-hydrogen) atoms. The Bertz CT molecular complexity index is 939. The van der Waals surface area contributed by atoms with Crippen molar-refractivity contribution in [2.45, 2.75) is 13.5 Å². The minimum absolute atomic E-state index is 0.179. The number of ether oxygens (including phenoxy) is 3. The molecule has 0 spiro atoms. The first-order valence-electron chi connectivity index (χ1n) is 10.4. The molecule has 0 atom stereocenters. The van der Waals surface area contributed by atoms with Gasteiger partial charge in [0, 0.05) is 13.1 Å². The van der Waals surface area contributed by atoms with Crippen LogP contribution >= 0.6 is 0 Å². The molecule has 1 fully saturated rings. The van der Waals surface area contributed by atoms with Crippen molar-refractivity contribution in [1.82, 2.24) is 10.3 Å². The second-order valence-corrected chi connectivity index (χ2v) is 7.11. The van der Waals surface area contributed by atoms with Crippen LogP contribution in [0.1, 0.15) is 28.4 Å². The highest BCUT2D eigenvalue weighted by Crippen LogP contribution is 2.29. The zero-order valence-corrected chi connectivity index (χ0v) is 18.0. The number of rotatable bonds is 10. The molecule has 0 saturated carbocycles. The highest BCUT2D eigenvalue weighted by Gasteiger charge is 2.13. The largest absolute Gasteiger partial charge is 0.490 e. The quantitative estimate of drug-likeness (QED) is 0.429. The van der Waals surface area contributed by atoms with E-state index in [1.807, 2.05) is 17.9 Å². The molecular weight excluding hydrogens is 414 g/mol. The third kappa shape index (κ3) is 7.07. The lowest BCUT2D eigenvalue weighted by Crippen LogP contribution is -2.42. The Hall–Kier alpha value is -3.43. The Morgan fingerprint density at radius 2 is 1.88 bits per heavy atom.